The minimum absolute atomic E-state index is 0.237. The summed E-state index contributed by atoms with van der Waals surface area (Å²) < 4.78 is 0. The Morgan fingerprint density at radius 3 is 2.46 bits per heavy atom. The lowest BCUT2D eigenvalue weighted by molar-refractivity contribution is -0.141. The molecule has 0 saturated carbocycles. The fraction of sp³-hybridized carbons (Fsp3) is 0.750. The van der Waals surface area contributed by atoms with Crippen molar-refractivity contribution in [2.75, 3.05) is 19.7 Å². The largest absolute Gasteiger partial charge is 0.480 e. The van der Waals surface area contributed by atoms with Gasteiger partial charge in [-0.25, -0.2) is 0 Å². The Labute approximate surface area is 152 Å². The molecule has 1 fully saturated rings. The Kier molecular flexibility index (Phi) is 8.46. The van der Waals surface area contributed by atoms with Gasteiger partial charge in [-0.1, -0.05) is 13.8 Å². The maximum Gasteiger partial charge on any atom is 0.322 e. The second kappa shape index (κ2) is 10.1. The van der Waals surface area contributed by atoms with E-state index in [9.17, 15) is 24.3 Å². The smallest absolute Gasteiger partial charge is 0.322 e. The molecule has 3 amide bonds. The lowest BCUT2D eigenvalue weighted by atomic mass is 10.0. The van der Waals surface area contributed by atoms with E-state index >= 15 is 0 Å². The molecule has 1 heterocycles. The predicted octanol–water partition coefficient (Wildman–Crippen LogP) is -1.97. The van der Waals surface area contributed by atoms with Gasteiger partial charge in [0.15, 0.2) is 0 Å². The highest BCUT2D eigenvalue weighted by Gasteiger charge is 2.37. The molecule has 26 heavy (non-hydrogen) atoms. The van der Waals surface area contributed by atoms with E-state index in [1.807, 2.05) is 13.8 Å². The number of nitrogens with two attached hydrogens (primary N) is 1. The highest BCUT2D eigenvalue weighted by atomic mass is 16.4. The summed E-state index contributed by atoms with van der Waals surface area (Å²) in [4.78, 5) is 48.7. The maximum absolute atomic E-state index is 12.5. The van der Waals surface area contributed by atoms with Crippen LogP contribution >= 0.6 is 0 Å². The Morgan fingerprint density at radius 1 is 1.27 bits per heavy atom. The second-order valence-corrected chi connectivity index (χ2v) is 6.78. The van der Waals surface area contributed by atoms with Crippen molar-refractivity contribution in [3.05, 3.63) is 0 Å². The number of carboxylic acids is 1. The minimum Gasteiger partial charge on any atom is -0.480 e. The maximum atomic E-state index is 12.5. The van der Waals surface area contributed by atoms with Crippen LogP contribution in [0, 0.1) is 5.92 Å². The quantitative estimate of drug-likeness (QED) is 0.313. The topological polar surface area (TPSA) is 162 Å². The number of nitrogens with zero attached hydrogens (tertiary/aromatic N) is 1. The van der Waals surface area contributed by atoms with Crippen molar-refractivity contribution in [3.8, 4) is 0 Å². The van der Waals surface area contributed by atoms with Crippen LogP contribution in [-0.4, -0.2) is 76.6 Å². The first-order chi connectivity index (χ1) is 12.2. The third-order valence-electron chi connectivity index (χ3n) is 4.11. The van der Waals surface area contributed by atoms with Crippen LogP contribution in [0.3, 0.4) is 0 Å². The van der Waals surface area contributed by atoms with Crippen LogP contribution in [0.15, 0.2) is 0 Å². The monoisotopic (exact) mass is 372 g/mol. The normalized spacial score (nSPS) is 19.1. The highest BCUT2D eigenvalue weighted by molar-refractivity contribution is 5.94. The van der Waals surface area contributed by atoms with Crippen LogP contribution in [-0.2, 0) is 19.2 Å². The van der Waals surface area contributed by atoms with E-state index in [1.54, 1.807) is 0 Å². The Hall–Kier alpha value is -2.20. The van der Waals surface area contributed by atoms with E-state index in [2.05, 4.69) is 10.6 Å². The van der Waals surface area contributed by atoms with Crippen molar-refractivity contribution in [1.29, 1.82) is 0 Å². The molecule has 0 aromatic heterocycles. The van der Waals surface area contributed by atoms with E-state index in [0.717, 1.165) is 0 Å². The molecule has 3 atom stereocenters. The van der Waals surface area contributed by atoms with Crippen LogP contribution in [0.25, 0.3) is 0 Å². The fourth-order valence-electron chi connectivity index (χ4n) is 2.87. The number of aliphatic hydroxyl groups excluding tert-OH is 1. The molecule has 0 bridgehead atoms. The highest BCUT2D eigenvalue weighted by Crippen LogP contribution is 2.19. The molecule has 0 radical (unpaired) electrons. The lowest BCUT2D eigenvalue weighted by Gasteiger charge is -2.28. The van der Waals surface area contributed by atoms with Gasteiger partial charge in [0.2, 0.25) is 17.7 Å². The molecule has 10 heteroatoms. The third kappa shape index (κ3) is 6.26. The number of aliphatic carboxylic acids is 1. The summed E-state index contributed by atoms with van der Waals surface area (Å²) in [5.74, 6) is -2.70. The molecule has 0 aromatic carbocycles. The third-order valence-corrected chi connectivity index (χ3v) is 4.11. The molecule has 148 valence electrons. The van der Waals surface area contributed by atoms with Crippen molar-refractivity contribution >= 4 is 23.7 Å². The molecule has 0 spiro atoms. The number of carbonyl (C=O) groups excluding carboxylic acids is 3. The second-order valence-electron chi connectivity index (χ2n) is 6.78. The minimum atomic E-state index is -1.29. The first-order valence-corrected chi connectivity index (χ1v) is 8.64. The molecule has 0 aliphatic carbocycles. The fourth-order valence-corrected chi connectivity index (χ4v) is 2.87. The van der Waals surface area contributed by atoms with Gasteiger partial charge in [-0.05, 0) is 25.2 Å². The van der Waals surface area contributed by atoms with Gasteiger partial charge < -0.3 is 31.5 Å². The average Bonchev–Trinajstić information content (AvgIpc) is 3.05. The zero-order valence-electron chi connectivity index (χ0n) is 15.1. The SMILES string of the molecule is CC(C)CC(N)C(=O)N1CCCC1C(=O)NC(CO)C(=O)NCC(=O)O. The number of hydrogen-bond donors (Lipinski definition) is 5. The van der Waals surface area contributed by atoms with Gasteiger partial charge in [-0.3, -0.25) is 19.2 Å². The van der Waals surface area contributed by atoms with Gasteiger partial charge in [0.05, 0.1) is 12.6 Å². The standard InChI is InChI=1S/C16H28N4O6/c1-9(2)6-10(17)16(26)20-5-3-4-12(20)15(25)19-11(8-21)14(24)18-7-13(22)23/h9-12,21H,3-8,17H2,1-2H3,(H,18,24)(H,19,25)(H,22,23). The average molecular weight is 372 g/mol. The van der Waals surface area contributed by atoms with E-state index < -0.39 is 49.1 Å². The van der Waals surface area contributed by atoms with Crippen molar-refractivity contribution in [2.45, 2.75) is 51.2 Å². The van der Waals surface area contributed by atoms with Gasteiger partial charge in [-0.15, -0.1) is 0 Å². The number of amides is 3. The van der Waals surface area contributed by atoms with Gasteiger partial charge in [0.25, 0.3) is 0 Å². The van der Waals surface area contributed by atoms with E-state index in [1.165, 1.54) is 4.90 Å². The Bertz CT molecular complexity index is 539. The number of carbonyl (C=O) groups is 4. The molecular weight excluding hydrogens is 344 g/mol. The van der Waals surface area contributed by atoms with Crippen molar-refractivity contribution < 1.29 is 29.4 Å². The number of likely N-dealkylation sites (tertiary alicyclic amines) is 1. The molecule has 0 aromatic rings. The van der Waals surface area contributed by atoms with Gasteiger partial charge in [-0.2, -0.15) is 0 Å². The van der Waals surface area contributed by atoms with Crippen LogP contribution in [0.1, 0.15) is 33.1 Å². The molecule has 1 saturated heterocycles. The summed E-state index contributed by atoms with van der Waals surface area (Å²) in [5.41, 5.74) is 5.92. The molecule has 1 aliphatic rings. The van der Waals surface area contributed by atoms with Crippen molar-refractivity contribution in [1.82, 2.24) is 15.5 Å². The zero-order valence-corrected chi connectivity index (χ0v) is 15.1. The van der Waals surface area contributed by atoms with E-state index in [4.69, 9.17) is 10.8 Å². The van der Waals surface area contributed by atoms with Gasteiger partial charge in [0, 0.05) is 6.54 Å². The summed E-state index contributed by atoms with van der Waals surface area (Å²) in [6.07, 6.45) is 1.56. The van der Waals surface area contributed by atoms with Crippen LogP contribution < -0.4 is 16.4 Å². The number of aliphatic hydroxyl groups is 1. The molecular formula is C16H28N4O6. The van der Waals surface area contributed by atoms with Gasteiger partial charge in [0.1, 0.15) is 18.6 Å². The van der Waals surface area contributed by atoms with Crippen LogP contribution in [0.5, 0.6) is 0 Å². The summed E-state index contributed by atoms with van der Waals surface area (Å²) in [6, 6.07) is -2.75. The zero-order chi connectivity index (χ0) is 19.9. The predicted molar refractivity (Wildman–Crippen MR) is 91.8 cm³/mol. The Balaban J connectivity index is 2.70. The van der Waals surface area contributed by atoms with Crippen LogP contribution in [0.4, 0.5) is 0 Å². The Morgan fingerprint density at radius 2 is 1.92 bits per heavy atom. The number of hydrogen-bond acceptors (Lipinski definition) is 6. The van der Waals surface area contributed by atoms with Crippen molar-refractivity contribution in [3.63, 3.8) is 0 Å². The van der Waals surface area contributed by atoms with Crippen molar-refractivity contribution in [2.24, 2.45) is 11.7 Å². The lowest BCUT2D eigenvalue weighted by Crippen LogP contribution is -2.56. The van der Waals surface area contributed by atoms with E-state index in [-0.39, 0.29) is 11.8 Å². The summed E-state index contributed by atoms with van der Waals surface area (Å²) in [6.45, 7) is 2.98. The first-order valence-electron chi connectivity index (χ1n) is 8.64. The van der Waals surface area contributed by atoms with Crippen LogP contribution in [0.2, 0.25) is 0 Å². The number of carboxylic acid groups (broad SMARTS) is 1. The molecule has 10 nitrogen and oxygen atoms in total. The summed E-state index contributed by atoms with van der Waals surface area (Å²) in [5, 5.41) is 22.3. The van der Waals surface area contributed by atoms with E-state index in [0.29, 0.717) is 25.8 Å². The molecule has 3 unspecified atom stereocenters. The number of rotatable bonds is 9. The first kappa shape index (κ1) is 21.8. The van der Waals surface area contributed by atoms with Gasteiger partial charge >= 0.3 is 5.97 Å². The molecule has 1 aliphatic heterocycles. The summed E-state index contributed by atoms with van der Waals surface area (Å²) >= 11 is 0. The molecule has 1 rings (SSSR count). The number of nitrogens with one attached hydrogen (secondary N) is 2. The molecule has 6 N–H and O–H groups in total. The summed E-state index contributed by atoms with van der Waals surface area (Å²) in [7, 11) is 0.